The molecular formula is C12H18N2OS2. The van der Waals surface area contributed by atoms with Gasteiger partial charge in [-0.15, -0.1) is 11.3 Å². The first-order valence-corrected chi connectivity index (χ1v) is 7.94. The normalized spacial score (nSPS) is 22.2. The Morgan fingerprint density at radius 3 is 3.00 bits per heavy atom. The summed E-state index contributed by atoms with van der Waals surface area (Å²) in [6.45, 7) is 4.68. The molecule has 0 aromatic carbocycles. The lowest BCUT2D eigenvalue weighted by atomic mass is 10.2. The number of carbonyl (C=O) groups excluding carboxylic acids is 1. The molecule has 0 saturated carbocycles. The molecule has 5 heteroatoms. The van der Waals surface area contributed by atoms with Crippen molar-refractivity contribution in [1.29, 1.82) is 0 Å². The molecule has 1 fully saturated rings. The van der Waals surface area contributed by atoms with E-state index in [2.05, 4.69) is 37.6 Å². The van der Waals surface area contributed by atoms with Gasteiger partial charge in [-0.3, -0.25) is 10.1 Å². The van der Waals surface area contributed by atoms with Crippen molar-refractivity contribution in [3.63, 3.8) is 0 Å². The lowest BCUT2D eigenvalue weighted by molar-refractivity contribution is -0.129. The third-order valence-electron chi connectivity index (χ3n) is 2.93. The summed E-state index contributed by atoms with van der Waals surface area (Å²) in [5, 5.41) is 3.30. The van der Waals surface area contributed by atoms with E-state index in [1.807, 2.05) is 4.90 Å². The minimum atomic E-state index is 0.0725. The van der Waals surface area contributed by atoms with Crippen LogP contribution in [0.2, 0.25) is 0 Å². The van der Waals surface area contributed by atoms with Crippen LogP contribution in [0.15, 0.2) is 12.1 Å². The fourth-order valence-electron chi connectivity index (χ4n) is 2.18. The Hall–Kier alpha value is -0.520. The maximum Gasteiger partial charge on any atom is 0.238 e. The maximum atomic E-state index is 11.9. The monoisotopic (exact) mass is 270 g/mol. The fourth-order valence-corrected chi connectivity index (χ4v) is 3.77. The van der Waals surface area contributed by atoms with Crippen molar-refractivity contribution in [1.82, 2.24) is 10.2 Å². The average molecular weight is 270 g/mol. The van der Waals surface area contributed by atoms with E-state index < -0.39 is 0 Å². The van der Waals surface area contributed by atoms with Gasteiger partial charge in [-0.1, -0.05) is 0 Å². The Morgan fingerprint density at radius 2 is 2.41 bits per heavy atom. The van der Waals surface area contributed by atoms with Gasteiger partial charge in [0.05, 0.1) is 6.54 Å². The van der Waals surface area contributed by atoms with E-state index in [9.17, 15) is 4.79 Å². The summed E-state index contributed by atoms with van der Waals surface area (Å²) in [6, 6.07) is 4.51. The molecule has 1 aromatic rings. The quantitative estimate of drug-likeness (QED) is 0.910. The molecule has 0 aliphatic carbocycles. The fraction of sp³-hybridized carbons (Fsp3) is 0.583. The number of hydrogen-bond acceptors (Lipinski definition) is 4. The van der Waals surface area contributed by atoms with Crippen LogP contribution in [0.4, 0.5) is 0 Å². The van der Waals surface area contributed by atoms with Gasteiger partial charge in [0.2, 0.25) is 5.91 Å². The summed E-state index contributed by atoms with van der Waals surface area (Å²) in [7, 11) is 0. The third kappa shape index (κ3) is 2.67. The molecule has 1 aliphatic rings. The van der Waals surface area contributed by atoms with E-state index >= 15 is 0 Å². The van der Waals surface area contributed by atoms with E-state index in [1.165, 1.54) is 9.75 Å². The lowest BCUT2D eigenvalue weighted by Crippen LogP contribution is -2.39. The number of nitrogens with zero attached hydrogens (tertiary/aromatic N) is 1. The Bertz CT molecular complexity index is 405. The molecule has 1 aromatic heterocycles. The number of hydrogen-bond donors (Lipinski definition) is 1. The van der Waals surface area contributed by atoms with Gasteiger partial charge in [-0.2, -0.15) is 11.8 Å². The largest absolute Gasteiger partial charge is 0.317 e. The highest BCUT2D eigenvalue weighted by atomic mass is 32.2. The summed E-state index contributed by atoms with van der Waals surface area (Å²) >= 11 is 3.55. The van der Waals surface area contributed by atoms with Crippen LogP contribution in [-0.2, 0) is 4.79 Å². The molecule has 2 rings (SSSR count). The summed E-state index contributed by atoms with van der Waals surface area (Å²) in [5.74, 6) is 1.19. The number of amides is 1. The van der Waals surface area contributed by atoms with Gasteiger partial charge >= 0.3 is 0 Å². The Morgan fingerprint density at radius 1 is 1.65 bits per heavy atom. The average Bonchev–Trinajstić information content (AvgIpc) is 2.85. The predicted octanol–water partition coefficient (Wildman–Crippen LogP) is 2.24. The van der Waals surface area contributed by atoms with Crippen molar-refractivity contribution in [3.05, 3.63) is 21.9 Å². The van der Waals surface area contributed by atoms with Crippen molar-refractivity contribution in [2.75, 3.05) is 18.6 Å². The van der Waals surface area contributed by atoms with Crippen LogP contribution < -0.4 is 5.32 Å². The van der Waals surface area contributed by atoms with E-state index in [0.29, 0.717) is 6.54 Å². The summed E-state index contributed by atoms with van der Waals surface area (Å²) in [4.78, 5) is 16.5. The van der Waals surface area contributed by atoms with E-state index in [0.717, 1.165) is 5.75 Å². The van der Waals surface area contributed by atoms with Crippen LogP contribution in [0, 0.1) is 6.92 Å². The van der Waals surface area contributed by atoms with Crippen LogP contribution in [0.1, 0.15) is 22.8 Å². The summed E-state index contributed by atoms with van der Waals surface area (Å²) in [5.41, 5.74) is 0. The highest BCUT2D eigenvalue weighted by Crippen LogP contribution is 2.30. The maximum absolute atomic E-state index is 11.9. The second kappa shape index (κ2) is 5.42. The minimum Gasteiger partial charge on any atom is -0.317 e. The summed E-state index contributed by atoms with van der Waals surface area (Å²) in [6.07, 6.45) is 2.15. The molecule has 2 unspecified atom stereocenters. The molecular weight excluding hydrogens is 252 g/mol. The minimum absolute atomic E-state index is 0.0725. The first-order valence-electron chi connectivity index (χ1n) is 5.73. The zero-order chi connectivity index (χ0) is 12.4. The van der Waals surface area contributed by atoms with Gasteiger partial charge in [0, 0.05) is 21.5 Å². The Labute approximate surface area is 111 Å². The third-order valence-corrected chi connectivity index (χ3v) is 4.80. The standard InChI is InChI=1S/C12H18N2OS2/c1-8(7-16-3)14-11(15)6-13-12(14)10-5-4-9(2)17-10/h4-5,8,12-13H,6-7H2,1-3H3. The van der Waals surface area contributed by atoms with Gasteiger partial charge in [0.25, 0.3) is 0 Å². The number of aryl methyl sites for hydroxylation is 1. The van der Waals surface area contributed by atoms with Crippen LogP contribution in [0.5, 0.6) is 0 Å². The summed E-state index contributed by atoms with van der Waals surface area (Å²) < 4.78 is 0. The van der Waals surface area contributed by atoms with Crippen LogP contribution in [0.3, 0.4) is 0 Å². The zero-order valence-electron chi connectivity index (χ0n) is 10.4. The van der Waals surface area contributed by atoms with Crippen molar-refractivity contribution in [3.8, 4) is 0 Å². The van der Waals surface area contributed by atoms with Gasteiger partial charge < -0.3 is 4.90 Å². The molecule has 2 atom stereocenters. The molecule has 0 radical (unpaired) electrons. The molecule has 0 bridgehead atoms. The number of rotatable bonds is 4. The zero-order valence-corrected chi connectivity index (χ0v) is 12.0. The highest BCUT2D eigenvalue weighted by molar-refractivity contribution is 7.98. The van der Waals surface area contributed by atoms with Gasteiger partial charge in [0.1, 0.15) is 6.17 Å². The second-order valence-corrected chi connectivity index (χ2v) is 6.57. The smallest absolute Gasteiger partial charge is 0.238 e. The number of nitrogens with one attached hydrogen (secondary N) is 1. The van der Waals surface area contributed by atoms with E-state index in [1.54, 1.807) is 23.1 Å². The molecule has 94 valence electrons. The van der Waals surface area contributed by atoms with Gasteiger partial charge in [0.15, 0.2) is 0 Å². The van der Waals surface area contributed by atoms with E-state index in [-0.39, 0.29) is 18.1 Å². The molecule has 0 spiro atoms. The molecule has 1 N–H and O–H groups in total. The predicted molar refractivity (Wildman–Crippen MR) is 74.5 cm³/mol. The molecule has 17 heavy (non-hydrogen) atoms. The van der Waals surface area contributed by atoms with Crippen LogP contribution >= 0.6 is 23.1 Å². The molecule has 1 saturated heterocycles. The van der Waals surface area contributed by atoms with Crippen molar-refractivity contribution >= 4 is 29.0 Å². The molecule has 3 nitrogen and oxygen atoms in total. The molecule has 2 heterocycles. The van der Waals surface area contributed by atoms with Gasteiger partial charge in [-0.25, -0.2) is 0 Å². The van der Waals surface area contributed by atoms with E-state index in [4.69, 9.17) is 0 Å². The molecule has 1 aliphatic heterocycles. The van der Waals surface area contributed by atoms with Crippen molar-refractivity contribution in [2.45, 2.75) is 26.1 Å². The second-order valence-electron chi connectivity index (χ2n) is 4.34. The SMILES string of the molecule is CSCC(C)N1C(=O)CNC1c1ccc(C)s1. The molecule has 1 amide bonds. The number of thioether (sulfide) groups is 1. The first kappa shape index (κ1) is 12.9. The highest BCUT2D eigenvalue weighted by Gasteiger charge is 2.35. The number of thiophene rings is 1. The van der Waals surface area contributed by atoms with Crippen molar-refractivity contribution < 1.29 is 4.79 Å². The Balaban J connectivity index is 2.18. The van der Waals surface area contributed by atoms with Crippen molar-refractivity contribution in [2.24, 2.45) is 0 Å². The Kier molecular flexibility index (Phi) is 4.12. The van der Waals surface area contributed by atoms with Gasteiger partial charge in [-0.05, 0) is 32.2 Å². The number of carbonyl (C=O) groups is 1. The first-order chi connectivity index (χ1) is 8.13. The lowest BCUT2D eigenvalue weighted by Gasteiger charge is -2.29. The van der Waals surface area contributed by atoms with Crippen LogP contribution in [-0.4, -0.2) is 35.4 Å². The van der Waals surface area contributed by atoms with Crippen LogP contribution in [0.25, 0.3) is 0 Å². The topological polar surface area (TPSA) is 32.3 Å².